The van der Waals surface area contributed by atoms with E-state index in [9.17, 15) is 4.79 Å². The molecule has 0 fully saturated rings. The van der Waals surface area contributed by atoms with E-state index in [0.717, 1.165) is 27.8 Å². The van der Waals surface area contributed by atoms with Crippen LogP contribution >= 0.6 is 0 Å². The van der Waals surface area contributed by atoms with Crippen LogP contribution in [-0.4, -0.2) is 32.0 Å². The number of methoxy groups -OCH3 is 2. The minimum Gasteiger partial charge on any atom is -0.493 e. The van der Waals surface area contributed by atoms with Gasteiger partial charge in [0.15, 0.2) is 23.0 Å². The van der Waals surface area contributed by atoms with Gasteiger partial charge in [-0.05, 0) is 40.5 Å². The molecule has 3 aromatic rings. The molecule has 2 atom stereocenters. The van der Waals surface area contributed by atoms with Crippen LogP contribution in [0.25, 0.3) is 6.08 Å². The maximum atomic E-state index is 13.6. The van der Waals surface area contributed by atoms with Crippen LogP contribution in [0.4, 0.5) is 4.79 Å². The van der Waals surface area contributed by atoms with Crippen LogP contribution in [0, 0.1) is 0 Å². The highest BCUT2D eigenvalue weighted by Gasteiger charge is 2.43. The number of amides is 1. The fraction of sp³-hybridized carbons (Fsp3) is 0.250. The lowest BCUT2D eigenvalue weighted by atomic mass is 9.75. The number of carbonyl (C=O) groups is 1. The molecule has 0 radical (unpaired) electrons. The molecule has 7 heteroatoms. The molecule has 0 spiro atoms. The second kappa shape index (κ2) is 8.58. The third kappa shape index (κ3) is 3.55. The summed E-state index contributed by atoms with van der Waals surface area (Å²) in [5, 5.41) is 0. The maximum absolute atomic E-state index is 13.6. The third-order valence-electron chi connectivity index (χ3n) is 6.87. The molecule has 6 rings (SSSR count). The van der Waals surface area contributed by atoms with Crippen molar-refractivity contribution < 1.29 is 28.5 Å². The minimum atomic E-state index is -0.390. The van der Waals surface area contributed by atoms with Crippen molar-refractivity contribution in [3.63, 3.8) is 0 Å². The Balaban J connectivity index is 1.44. The summed E-state index contributed by atoms with van der Waals surface area (Å²) >= 11 is 0. The van der Waals surface area contributed by atoms with Gasteiger partial charge in [-0.2, -0.15) is 0 Å². The molecule has 178 valence electrons. The Bertz CT molecular complexity index is 1320. The zero-order valence-corrected chi connectivity index (χ0v) is 19.5. The number of hydrogen-bond donors (Lipinski definition) is 0. The summed E-state index contributed by atoms with van der Waals surface area (Å²) < 4.78 is 28.3. The summed E-state index contributed by atoms with van der Waals surface area (Å²) in [4.78, 5) is 15.4. The van der Waals surface area contributed by atoms with Crippen molar-refractivity contribution in [1.82, 2.24) is 4.90 Å². The van der Waals surface area contributed by atoms with E-state index in [1.54, 1.807) is 19.1 Å². The predicted molar refractivity (Wildman–Crippen MR) is 129 cm³/mol. The number of benzene rings is 3. The standard InChI is InChI=1S/C28H25NO6/c1-31-23-11-10-19-20-9-8-18-12-24-25(35-16-34-24)13-21(18)26(20)29(14-22(19)27(23)32-2)28(30)33-15-17-6-4-3-5-7-17/h3-13,20,26H,14-16H2,1-2H3/t20-,26+/m1/s1. The van der Waals surface area contributed by atoms with Gasteiger partial charge < -0.3 is 23.7 Å². The topological polar surface area (TPSA) is 66.5 Å². The molecule has 0 unspecified atom stereocenters. The molecule has 3 aliphatic rings. The Kier molecular flexibility index (Phi) is 5.25. The second-order valence-electron chi connectivity index (χ2n) is 8.70. The van der Waals surface area contributed by atoms with Gasteiger partial charge in [0.2, 0.25) is 6.79 Å². The van der Waals surface area contributed by atoms with Gasteiger partial charge in [-0.3, -0.25) is 4.90 Å². The second-order valence-corrected chi connectivity index (χ2v) is 8.70. The van der Waals surface area contributed by atoms with Crippen LogP contribution in [0.1, 0.15) is 39.8 Å². The molecule has 1 amide bonds. The van der Waals surface area contributed by atoms with Crippen molar-refractivity contribution in [1.29, 1.82) is 0 Å². The lowest BCUT2D eigenvalue weighted by Gasteiger charge is -2.43. The maximum Gasteiger partial charge on any atom is 0.410 e. The summed E-state index contributed by atoms with van der Waals surface area (Å²) in [6.45, 7) is 0.713. The smallest absolute Gasteiger partial charge is 0.410 e. The number of rotatable bonds is 4. The third-order valence-corrected chi connectivity index (χ3v) is 6.87. The van der Waals surface area contributed by atoms with E-state index in [0.29, 0.717) is 29.5 Å². The molecule has 2 aliphatic heterocycles. The molecule has 0 saturated carbocycles. The summed E-state index contributed by atoms with van der Waals surface area (Å²) in [7, 11) is 3.23. The minimum absolute atomic E-state index is 0.0873. The number of hydrogen-bond acceptors (Lipinski definition) is 6. The summed E-state index contributed by atoms with van der Waals surface area (Å²) in [5.41, 5.74) is 4.94. The van der Waals surface area contributed by atoms with Crippen LogP contribution in [0.15, 0.2) is 60.7 Å². The van der Waals surface area contributed by atoms with Gasteiger partial charge in [0.25, 0.3) is 0 Å². The normalized spacial score (nSPS) is 18.9. The Hall–Kier alpha value is -4.13. The number of fused-ring (bicyclic) bond motifs is 6. The molecule has 1 aliphatic carbocycles. The molecule has 0 N–H and O–H groups in total. The van der Waals surface area contributed by atoms with Gasteiger partial charge in [-0.25, -0.2) is 4.79 Å². The lowest BCUT2D eigenvalue weighted by molar-refractivity contribution is 0.0683. The number of ether oxygens (including phenoxy) is 5. The largest absolute Gasteiger partial charge is 0.493 e. The summed E-state index contributed by atoms with van der Waals surface area (Å²) in [5.74, 6) is 2.58. The molecule has 0 saturated heterocycles. The van der Waals surface area contributed by atoms with E-state index in [2.05, 4.69) is 18.2 Å². The quantitative estimate of drug-likeness (QED) is 0.505. The van der Waals surface area contributed by atoms with Gasteiger partial charge in [-0.1, -0.05) is 48.6 Å². The van der Waals surface area contributed by atoms with Crippen LogP contribution in [-0.2, 0) is 17.9 Å². The first-order valence-corrected chi connectivity index (χ1v) is 11.5. The van der Waals surface area contributed by atoms with E-state index in [-0.39, 0.29) is 25.4 Å². The van der Waals surface area contributed by atoms with Gasteiger partial charge in [0.05, 0.1) is 26.8 Å². The highest BCUT2D eigenvalue weighted by atomic mass is 16.7. The molecular formula is C28H25NO6. The Morgan fingerprint density at radius 3 is 2.57 bits per heavy atom. The van der Waals surface area contributed by atoms with Crippen LogP contribution < -0.4 is 18.9 Å². The van der Waals surface area contributed by atoms with E-state index in [4.69, 9.17) is 23.7 Å². The van der Waals surface area contributed by atoms with Crippen molar-refractivity contribution in [2.45, 2.75) is 25.1 Å². The molecule has 35 heavy (non-hydrogen) atoms. The highest BCUT2D eigenvalue weighted by molar-refractivity contribution is 5.74. The number of nitrogens with zero attached hydrogens (tertiary/aromatic N) is 1. The first kappa shape index (κ1) is 21.4. The van der Waals surface area contributed by atoms with Crippen LogP contribution in [0.3, 0.4) is 0 Å². The van der Waals surface area contributed by atoms with E-state index >= 15 is 0 Å². The van der Waals surface area contributed by atoms with E-state index in [1.807, 2.05) is 48.5 Å². The average Bonchev–Trinajstić information content (AvgIpc) is 3.36. The van der Waals surface area contributed by atoms with Gasteiger partial charge in [0, 0.05) is 11.5 Å². The molecular weight excluding hydrogens is 446 g/mol. The first-order valence-electron chi connectivity index (χ1n) is 11.5. The summed E-state index contributed by atoms with van der Waals surface area (Å²) in [6.07, 6.45) is 3.83. The Morgan fingerprint density at radius 2 is 1.80 bits per heavy atom. The molecule has 7 nitrogen and oxygen atoms in total. The van der Waals surface area contributed by atoms with Crippen molar-refractivity contribution in [2.75, 3.05) is 21.0 Å². The number of carbonyl (C=O) groups excluding carboxylic acids is 1. The fourth-order valence-corrected chi connectivity index (χ4v) is 5.25. The van der Waals surface area contributed by atoms with Crippen molar-refractivity contribution >= 4 is 12.2 Å². The van der Waals surface area contributed by atoms with Crippen molar-refractivity contribution in [3.8, 4) is 23.0 Å². The van der Waals surface area contributed by atoms with Crippen molar-refractivity contribution in [2.24, 2.45) is 0 Å². The molecule has 2 heterocycles. The van der Waals surface area contributed by atoms with Crippen LogP contribution in [0.5, 0.6) is 23.0 Å². The Morgan fingerprint density at radius 1 is 1.00 bits per heavy atom. The average molecular weight is 472 g/mol. The van der Waals surface area contributed by atoms with E-state index < -0.39 is 6.09 Å². The lowest BCUT2D eigenvalue weighted by Crippen LogP contribution is -2.42. The predicted octanol–water partition coefficient (Wildman–Crippen LogP) is 5.44. The molecule has 0 aromatic heterocycles. The van der Waals surface area contributed by atoms with Crippen molar-refractivity contribution in [3.05, 3.63) is 88.5 Å². The zero-order valence-electron chi connectivity index (χ0n) is 19.5. The monoisotopic (exact) mass is 471 g/mol. The highest BCUT2D eigenvalue weighted by Crippen LogP contribution is 2.53. The van der Waals surface area contributed by atoms with E-state index in [1.165, 1.54) is 0 Å². The molecule has 0 bridgehead atoms. The van der Waals surface area contributed by atoms with Gasteiger partial charge in [0.1, 0.15) is 6.61 Å². The Labute approximate surface area is 203 Å². The first-order chi connectivity index (χ1) is 17.2. The zero-order chi connectivity index (χ0) is 23.9. The summed E-state index contributed by atoms with van der Waals surface area (Å²) in [6, 6.07) is 17.3. The fourth-order valence-electron chi connectivity index (χ4n) is 5.25. The van der Waals surface area contributed by atoms with Gasteiger partial charge in [-0.15, -0.1) is 0 Å². The van der Waals surface area contributed by atoms with Crippen LogP contribution in [0.2, 0.25) is 0 Å². The molecule has 3 aromatic carbocycles. The SMILES string of the molecule is COc1ccc2c(c1OC)CN(C(=O)OCc1ccccc1)[C@@H]1c3cc4c(cc3C=C[C@H]21)OCO4. The van der Waals surface area contributed by atoms with Gasteiger partial charge >= 0.3 is 6.09 Å².